The van der Waals surface area contributed by atoms with E-state index in [0.717, 1.165) is 36.2 Å². The molecule has 0 saturated carbocycles. The first-order valence-corrected chi connectivity index (χ1v) is 10.9. The highest BCUT2D eigenvalue weighted by molar-refractivity contribution is 9.10. The highest BCUT2D eigenvalue weighted by Crippen LogP contribution is 2.37. The maximum Gasteiger partial charge on any atom is 0.185 e. The Morgan fingerprint density at radius 3 is 2.21 bits per heavy atom. The van der Waals surface area contributed by atoms with Crippen molar-refractivity contribution in [3.05, 3.63) is 22.7 Å². The number of aromatic nitrogens is 2. The van der Waals surface area contributed by atoms with Crippen molar-refractivity contribution in [2.75, 3.05) is 20.1 Å². The van der Waals surface area contributed by atoms with Gasteiger partial charge < -0.3 is 9.33 Å². The summed E-state index contributed by atoms with van der Waals surface area (Å²) in [5, 5.41) is 0. The van der Waals surface area contributed by atoms with Gasteiger partial charge in [-0.25, -0.2) is 9.97 Å². The van der Waals surface area contributed by atoms with Crippen LogP contribution < -0.4 is 0 Å². The van der Waals surface area contributed by atoms with Crippen molar-refractivity contribution in [3.63, 3.8) is 0 Å². The Morgan fingerprint density at radius 1 is 1.21 bits per heavy atom. The molecular formula is C13H22BrN3OSi. The molecule has 106 valence electrons. The molecule has 0 radical (unpaired) electrons. The molecule has 0 unspecified atom stereocenters. The van der Waals surface area contributed by atoms with Gasteiger partial charge in [-0.2, -0.15) is 0 Å². The first kappa shape index (κ1) is 15.1. The largest absolute Gasteiger partial charge is 0.405 e. The Morgan fingerprint density at radius 2 is 1.74 bits per heavy atom. The van der Waals surface area contributed by atoms with Gasteiger partial charge in [0.1, 0.15) is 5.60 Å². The molecule has 1 saturated heterocycles. The van der Waals surface area contributed by atoms with Gasteiger partial charge in [-0.1, -0.05) is 0 Å². The van der Waals surface area contributed by atoms with Gasteiger partial charge in [-0.3, -0.25) is 0 Å². The van der Waals surface area contributed by atoms with Gasteiger partial charge >= 0.3 is 0 Å². The minimum absolute atomic E-state index is 0.294. The van der Waals surface area contributed by atoms with E-state index in [9.17, 15) is 0 Å². The van der Waals surface area contributed by atoms with Crippen LogP contribution in [0.4, 0.5) is 0 Å². The summed E-state index contributed by atoms with van der Waals surface area (Å²) in [5.41, 5.74) is -0.294. The van der Waals surface area contributed by atoms with Crippen molar-refractivity contribution < 1.29 is 4.43 Å². The van der Waals surface area contributed by atoms with Gasteiger partial charge in [0.2, 0.25) is 0 Å². The number of nitrogens with zero attached hydrogens (tertiary/aromatic N) is 3. The van der Waals surface area contributed by atoms with Crippen LogP contribution in [-0.2, 0) is 10.0 Å². The molecular weight excluding hydrogens is 322 g/mol. The van der Waals surface area contributed by atoms with E-state index in [1.807, 2.05) is 12.4 Å². The fourth-order valence-corrected chi connectivity index (χ4v) is 4.16. The van der Waals surface area contributed by atoms with E-state index in [1.165, 1.54) is 0 Å². The van der Waals surface area contributed by atoms with Crippen LogP contribution in [0, 0.1) is 0 Å². The number of hydrogen-bond acceptors (Lipinski definition) is 4. The van der Waals surface area contributed by atoms with Crippen LogP contribution in [0.1, 0.15) is 18.7 Å². The van der Waals surface area contributed by atoms with E-state index in [4.69, 9.17) is 4.43 Å². The smallest absolute Gasteiger partial charge is 0.185 e. The summed E-state index contributed by atoms with van der Waals surface area (Å²) in [6, 6.07) is 0. The van der Waals surface area contributed by atoms with E-state index in [0.29, 0.717) is 0 Å². The molecule has 1 aliphatic heterocycles. The number of halogens is 1. The van der Waals surface area contributed by atoms with Gasteiger partial charge in [0.25, 0.3) is 0 Å². The number of rotatable bonds is 3. The fraction of sp³-hybridized carbons (Fsp3) is 0.692. The first-order valence-electron chi connectivity index (χ1n) is 6.67. The predicted octanol–water partition coefficient (Wildman–Crippen LogP) is 3.01. The molecule has 0 bridgehead atoms. The third-order valence-electron chi connectivity index (χ3n) is 3.32. The summed E-state index contributed by atoms with van der Waals surface area (Å²) in [4.78, 5) is 11.3. The molecule has 1 aromatic heterocycles. The van der Waals surface area contributed by atoms with Crippen molar-refractivity contribution in [3.8, 4) is 0 Å². The van der Waals surface area contributed by atoms with Gasteiger partial charge in [-0.15, -0.1) is 0 Å². The van der Waals surface area contributed by atoms with Crippen LogP contribution in [0.5, 0.6) is 0 Å². The number of likely N-dealkylation sites (tertiary alicyclic amines) is 1. The summed E-state index contributed by atoms with van der Waals surface area (Å²) < 4.78 is 7.42. The molecule has 19 heavy (non-hydrogen) atoms. The van der Waals surface area contributed by atoms with Crippen molar-refractivity contribution in [2.45, 2.75) is 38.1 Å². The molecule has 4 nitrogen and oxygen atoms in total. The Bertz CT molecular complexity index is 425. The summed E-state index contributed by atoms with van der Waals surface area (Å²) in [5.74, 6) is 0.839. The Balaban J connectivity index is 2.31. The molecule has 0 aliphatic carbocycles. The monoisotopic (exact) mass is 343 g/mol. The Kier molecular flexibility index (Phi) is 4.44. The summed E-state index contributed by atoms with van der Waals surface area (Å²) >= 11 is 3.39. The van der Waals surface area contributed by atoms with Crippen LogP contribution in [-0.4, -0.2) is 43.3 Å². The minimum atomic E-state index is -1.65. The van der Waals surface area contributed by atoms with Crippen LogP contribution in [0.2, 0.25) is 19.6 Å². The second kappa shape index (κ2) is 5.59. The topological polar surface area (TPSA) is 38.2 Å². The minimum Gasteiger partial charge on any atom is -0.405 e. The average Bonchev–Trinajstić information content (AvgIpc) is 2.31. The predicted molar refractivity (Wildman–Crippen MR) is 82.6 cm³/mol. The molecule has 0 spiro atoms. The van der Waals surface area contributed by atoms with E-state index in [-0.39, 0.29) is 5.60 Å². The number of hydrogen-bond donors (Lipinski definition) is 0. The van der Waals surface area contributed by atoms with Crippen molar-refractivity contribution >= 4 is 24.2 Å². The molecule has 1 fully saturated rings. The molecule has 1 aromatic rings. The molecule has 0 amide bonds. The van der Waals surface area contributed by atoms with Crippen LogP contribution in [0.15, 0.2) is 16.9 Å². The lowest BCUT2D eigenvalue weighted by Gasteiger charge is -2.43. The molecule has 6 heteroatoms. The second-order valence-corrected chi connectivity index (χ2v) is 11.6. The lowest BCUT2D eigenvalue weighted by atomic mass is 9.91. The maximum absolute atomic E-state index is 6.51. The number of piperidine rings is 1. The average molecular weight is 344 g/mol. The van der Waals surface area contributed by atoms with Crippen LogP contribution in [0.3, 0.4) is 0 Å². The Hall–Kier alpha value is -0.303. The van der Waals surface area contributed by atoms with E-state index >= 15 is 0 Å². The second-order valence-electron chi connectivity index (χ2n) is 6.24. The van der Waals surface area contributed by atoms with E-state index in [2.05, 4.69) is 57.5 Å². The van der Waals surface area contributed by atoms with E-state index < -0.39 is 8.32 Å². The molecule has 1 aliphatic rings. The highest BCUT2D eigenvalue weighted by Gasteiger charge is 2.42. The molecule has 2 heterocycles. The van der Waals surface area contributed by atoms with E-state index in [1.54, 1.807) is 0 Å². The van der Waals surface area contributed by atoms with Gasteiger partial charge in [-0.05, 0) is 55.5 Å². The van der Waals surface area contributed by atoms with Gasteiger partial charge in [0.15, 0.2) is 14.1 Å². The summed E-state index contributed by atoms with van der Waals surface area (Å²) in [6.07, 6.45) is 5.57. The fourth-order valence-electron chi connectivity index (χ4n) is 2.48. The van der Waals surface area contributed by atoms with Gasteiger partial charge in [0.05, 0.1) is 4.47 Å². The molecule has 0 aromatic carbocycles. The van der Waals surface area contributed by atoms with Gasteiger partial charge in [0, 0.05) is 25.5 Å². The lowest BCUT2D eigenvalue weighted by Crippen LogP contribution is -2.48. The highest BCUT2D eigenvalue weighted by atomic mass is 79.9. The Labute approximate surface area is 124 Å². The van der Waals surface area contributed by atoms with Crippen molar-refractivity contribution in [1.29, 1.82) is 0 Å². The maximum atomic E-state index is 6.51. The third kappa shape index (κ3) is 3.84. The third-order valence-corrected chi connectivity index (χ3v) is 4.74. The SMILES string of the molecule is CN1CCC(O[Si](C)(C)C)(c2ncc(Br)cn2)CC1. The van der Waals surface area contributed by atoms with Crippen molar-refractivity contribution in [1.82, 2.24) is 14.9 Å². The molecule has 2 rings (SSSR count). The standard InChI is InChI=1S/C13H22BrN3OSi/c1-17-7-5-13(6-8-17,18-19(2,3)4)12-15-9-11(14)10-16-12/h9-10H,5-8H2,1-4H3. The lowest BCUT2D eigenvalue weighted by molar-refractivity contribution is -0.0107. The normalized spacial score (nSPS) is 20.5. The molecule has 0 atom stereocenters. The molecule has 0 N–H and O–H groups in total. The zero-order valence-electron chi connectivity index (χ0n) is 12.1. The summed E-state index contributed by atoms with van der Waals surface area (Å²) in [6.45, 7) is 8.75. The summed E-state index contributed by atoms with van der Waals surface area (Å²) in [7, 11) is 0.508. The van der Waals surface area contributed by atoms with Crippen LogP contribution >= 0.6 is 15.9 Å². The quantitative estimate of drug-likeness (QED) is 0.790. The zero-order valence-corrected chi connectivity index (χ0v) is 14.7. The van der Waals surface area contributed by atoms with Crippen molar-refractivity contribution in [2.24, 2.45) is 0 Å². The van der Waals surface area contributed by atoms with Crippen LogP contribution in [0.25, 0.3) is 0 Å². The first-order chi connectivity index (χ1) is 8.81. The zero-order chi connectivity index (χ0) is 14.1.